The monoisotopic (exact) mass is 283 g/mol. The molecule has 19 heavy (non-hydrogen) atoms. The number of nitrogens with two attached hydrogens (primary N) is 1. The van der Waals surface area contributed by atoms with Crippen molar-refractivity contribution in [1.29, 1.82) is 0 Å². The Labute approximate surface area is 119 Å². The number of halogens is 1. The van der Waals surface area contributed by atoms with Gasteiger partial charge in [-0.1, -0.05) is 49.7 Å². The average molecular weight is 284 g/mol. The summed E-state index contributed by atoms with van der Waals surface area (Å²) in [4.78, 5) is 0. The average Bonchev–Trinajstić information content (AvgIpc) is 2.33. The van der Waals surface area contributed by atoms with Crippen LogP contribution >= 0.6 is 11.6 Å². The minimum Gasteiger partial charge on any atom is -0.409 e. The lowest BCUT2D eigenvalue weighted by molar-refractivity contribution is 0.318. The predicted molar refractivity (Wildman–Crippen MR) is 79.7 cm³/mol. The molecule has 0 atom stereocenters. The Morgan fingerprint density at radius 2 is 2.11 bits per heavy atom. The molecule has 0 aromatic heterocycles. The molecule has 1 rings (SSSR count). The van der Waals surface area contributed by atoms with Crippen molar-refractivity contribution in [2.75, 3.05) is 6.54 Å². The van der Waals surface area contributed by atoms with Gasteiger partial charge in [0.2, 0.25) is 0 Å². The van der Waals surface area contributed by atoms with E-state index in [0.717, 1.165) is 18.5 Å². The van der Waals surface area contributed by atoms with E-state index in [9.17, 15) is 0 Å². The third-order valence-corrected chi connectivity index (χ3v) is 3.18. The number of oxime groups is 1. The van der Waals surface area contributed by atoms with Crippen molar-refractivity contribution in [3.8, 4) is 0 Å². The lowest BCUT2D eigenvalue weighted by Crippen LogP contribution is -2.20. The van der Waals surface area contributed by atoms with Crippen LogP contribution in [0.5, 0.6) is 0 Å². The lowest BCUT2D eigenvalue weighted by atomic mass is 9.92. The molecular formula is C14H22ClN3O. The van der Waals surface area contributed by atoms with Crippen LogP contribution in [0.3, 0.4) is 0 Å². The van der Waals surface area contributed by atoms with Gasteiger partial charge in [-0.25, -0.2) is 0 Å². The molecule has 5 heteroatoms. The van der Waals surface area contributed by atoms with Crippen molar-refractivity contribution in [3.05, 3.63) is 34.3 Å². The number of rotatable bonds is 5. The summed E-state index contributed by atoms with van der Waals surface area (Å²) in [5.74, 6) is 0.0640. The quantitative estimate of drug-likeness (QED) is 0.256. The summed E-state index contributed by atoms with van der Waals surface area (Å²) < 4.78 is 0. The molecule has 0 aliphatic heterocycles. The molecule has 0 heterocycles. The van der Waals surface area contributed by atoms with Gasteiger partial charge in [-0.3, -0.25) is 0 Å². The number of nitrogens with one attached hydrogen (secondary N) is 1. The molecule has 0 fully saturated rings. The van der Waals surface area contributed by atoms with Crippen LogP contribution in [0.2, 0.25) is 5.02 Å². The van der Waals surface area contributed by atoms with Crippen LogP contribution in [0.1, 0.15) is 38.3 Å². The first-order valence-corrected chi connectivity index (χ1v) is 6.68. The van der Waals surface area contributed by atoms with Crippen LogP contribution < -0.4 is 11.1 Å². The summed E-state index contributed by atoms with van der Waals surface area (Å²) in [6, 6.07) is 5.39. The van der Waals surface area contributed by atoms with Crippen LogP contribution in [0.4, 0.5) is 0 Å². The van der Waals surface area contributed by atoms with Gasteiger partial charge in [-0.05, 0) is 30.0 Å². The van der Waals surface area contributed by atoms with Gasteiger partial charge in [-0.2, -0.15) is 0 Å². The first kappa shape index (κ1) is 15.8. The van der Waals surface area contributed by atoms with E-state index in [1.54, 1.807) is 12.1 Å². The van der Waals surface area contributed by atoms with Gasteiger partial charge in [0.25, 0.3) is 0 Å². The van der Waals surface area contributed by atoms with E-state index in [-0.39, 0.29) is 5.84 Å². The van der Waals surface area contributed by atoms with E-state index in [1.165, 1.54) is 0 Å². The number of hydrogen-bond donors (Lipinski definition) is 3. The van der Waals surface area contributed by atoms with Crippen molar-refractivity contribution >= 4 is 17.4 Å². The molecule has 0 aliphatic rings. The standard InChI is InChI=1S/C14H22ClN3O/c1-14(2,3)6-7-17-9-11-5-4-10(8-12(11)15)13(16)18-19/h4-5,8,17,19H,6-7,9H2,1-3H3,(H2,16,18). The molecule has 0 bridgehead atoms. The predicted octanol–water partition coefficient (Wildman–Crippen LogP) is 2.96. The van der Waals surface area contributed by atoms with Crippen molar-refractivity contribution in [3.63, 3.8) is 0 Å². The van der Waals surface area contributed by atoms with Crippen molar-refractivity contribution in [2.45, 2.75) is 33.7 Å². The Morgan fingerprint density at radius 1 is 1.42 bits per heavy atom. The normalized spacial score (nSPS) is 12.7. The zero-order valence-electron chi connectivity index (χ0n) is 11.7. The summed E-state index contributed by atoms with van der Waals surface area (Å²) >= 11 is 6.17. The van der Waals surface area contributed by atoms with Crippen LogP contribution in [-0.2, 0) is 6.54 Å². The van der Waals surface area contributed by atoms with E-state index >= 15 is 0 Å². The second-order valence-electron chi connectivity index (χ2n) is 5.78. The van der Waals surface area contributed by atoms with Gasteiger partial charge in [0.1, 0.15) is 0 Å². The lowest BCUT2D eigenvalue weighted by Gasteiger charge is -2.18. The first-order valence-electron chi connectivity index (χ1n) is 6.30. The van der Waals surface area contributed by atoms with Gasteiger partial charge >= 0.3 is 0 Å². The number of amidine groups is 1. The second-order valence-corrected chi connectivity index (χ2v) is 6.19. The summed E-state index contributed by atoms with van der Waals surface area (Å²) in [6.07, 6.45) is 1.10. The number of benzene rings is 1. The maximum atomic E-state index is 8.61. The zero-order valence-corrected chi connectivity index (χ0v) is 12.5. The molecular weight excluding hydrogens is 262 g/mol. The largest absolute Gasteiger partial charge is 0.409 e. The zero-order chi connectivity index (χ0) is 14.5. The minimum absolute atomic E-state index is 0.0640. The Hall–Kier alpha value is -1.26. The molecule has 1 aromatic rings. The molecule has 106 valence electrons. The van der Waals surface area contributed by atoms with E-state index in [0.29, 0.717) is 22.5 Å². The number of nitrogens with zero attached hydrogens (tertiary/aromatic N) is 1. The highest BCUT2D eigenvalue weighted by atomic mass is 35.5. The minimum atomic E-state index is 0.0640. The molecule has 0 amide bonds. The molecule has 0 unspecified atom stereocenters. The Kier molecular flexibility index (Phi) is 5.63. The van der Waals surface area contributed by atoms with Crippen molar-refractivity contribution < 1.29 is 5.21 Å². The van der Waals surface area contributed by atoms with Gasteiger partial charge in [0, 0.05) is 17.1 Å². The highest BCUT2D eigenvalue weighted by Gasteiger charge is 2.09. The highest BCUT2D eigenvalue weighted by molar-refractivity contribution is 6.31. The van der Waals surface area contributed by atoms with Crippen LogP contribution in [-0.4, -0.2) is 17.6 Å². The van der Waals surface area contributed by atoms with Crippen LogP contribution in [0, 0.1) is 5.41 Å². The fraction of sp³-hybridized carbons (Fsp3) is 0.500. The SMILES string of the molecule is CC(C)(C)CCNCc1ccc(/C(N)=N/O)cc1Cl. The van der Waals surface area contributed by atoms with Gasteiger partial charge in [0.05, 0.1) is 0 Å². The van der Waals surface area contributed by atoms with Crippen LogP contribution in [0.15, 0.2) is 23.4 Å². The van der Waals surface area contributed by atoms with Gasteiger partial charge in [0.15, 0.2) is 5.84 Å². The van der Waals surface area contributed by atoms with Gasteiger partial charge < -0.3 is 16.3 Å². The Morgan fingerprint density at radius 3 is 2.63 bits per heavy atom. The molecule has 4 nitrogen and oxygen atoms in total. The third-order valence-electron chi connectivity index (χ3n) is 2.82. The first-order chi connectivity index (χ1) is 8.83. The maximum Gasteiger partial charge on any atom is 0.170 e. The topological polar surface area (TPSA) is 70.6 Å². The number of hydrogen-bond acceptors (Lipinski definition) is 3. The van der Waals surface area contributed by atoms with Crippen molar-refractivity contribution in [1.82, 2.24) is 5.32 Å². The van der Waals surface area contributed by atoms with Crippen molar-refractivity contribution in [2.24, 2.45) is 16.3 Å². The Balaban J connectivity index is 2.56. The summed E-state index contributed by atoms with van der Waals surface area (Å²) in [7, 11) is 0. The van der Waals surface area contributed by atoms with E-state index < -0.39 is 0 Å². The van der Waals surface area contributed by atoms with E-state index in [4.69, 9.17) is 22.5 Å². The fourth-order valence-corrected chi connectivity index (χ4v) is 1.84. The molecule has 1 aromatic carbocycles. The van der Waals surface area contributed by atoms with E-state index in [2.05, 4.69) is 31.2 Å². The third kappa shape index (κ3) is 5.49. The molecule has 0 saturated heterocycles. The summed E-state index contributed by atoms with van der Waals surface area (Å²) in [5.41, 5.74) is 7.46. The summed E-state index contributed by atoms with van der Waals surface area (Å²) in [6.45, 7) is 8.31. The highest BCUT2D eigenvalue weighted by Crippen LogP contribution is 2.19. The smallest absolute Gasteiger partial charge is 0.170 e. The summed E-state index contributed by atoms with van der Waals surface area (Å²) in [5, 5.41) is 15.5. The molecule has 0 spiro atoms. The van der Waals surface area contributed by atoms with Gasteiger partial charge in [-0.15, -0.1) is 0 Å². The maximum absolute atomic E-state index is 8.61. The molecule has 0 aliphatic carbocycles. The van der Waals surface area contributed by atoms with Crippen LogP contribution in [0.25, 0.3) is 0 Å². The molecule has 4 N–H and O–H groups in total. The molecule has 0 radical (unpaired) electrons. The second kappa shape index (κ2) is 6.78. The fourth-order valence-electron chi connectivity index (χ4n) is 1.59. The molecule has 0 saturated carbocycles. The van der Waals surface area contributed by atoms with E-state index in [1.807, 2.05) is 6.07 Å². The Bertz CT molecular complexity index is 452.